The molecule has 2 fully saturated rings. The van der Waals surface area contributed by atoms with E-state index in [9.17, 15) is 4.79 Å². The van der Waals surface area contributed by atoms with Gasteiger partial charge in [-0.1, -0.05) is 6.42 Å². The number of piperidine rings is 1. The van der Waals surface area contributed by atoms with E-state index in [1.807, 2.05) is 25.7 Å². The number of rotatable bonds is 6. The Morgan fingerprint density at radius 3 is 2.58 bits per heavy atom. The average molecular weight is 341 g/mol. The fourth-order valence-corrected chi connectivity index (χ4v) is 3.28. The molecule has 2 heterocycles. The van der Waals surface area contributed by atoms with Crippen molar-refractivity contribution in [2.75, 3.05) is 52.4 Å². The molecule has 1 atom stereocenters. The zero-order valence-electron chi connectivity index (χ0n) is 15.8. The van der Waals surface area contributed by atoms with Crippen LogP contribution < -0.4 is 10.6 Å². The molecule has 0 aliphatic carbocycles. The van der Waals surface area contributed by atoms with Crippen LogP contribution in [0.4, 0.5) is 4.79 Å². The molecule has 0 spiro atoms. The van der Waals surface area contributed by atoms with Gasteiger partial charge in [-0.15, -0.1) is 0 Å². The molecule has 0 saturated carbocycles. The van der Waals surface area contributed by atoms with E-state index in [0.29, 0.717) is 6.04 Å². The van der Waals surface area contributed by atoms with Crippen molar-refractivity contribution in [1.82, 2.24) is 20.4 Å². The molecule has 0 radical (unpaired) electrons. The van der Waals surface area contributed by atoms with Gasteiger partial charge < -0.3 is 20.3 Å². The number of amides is 1. The Hall–Kier alpha value is -0.850. The van der Waals surface area contributed by atoms with Crippen molar-refractivity contribution in [2.24, 2.45) is 0 Å². The lowest BCUT2D eigenvalue weighted by atomic mass is 10.1. The standard InChI is InChI=1S/C18H36N4O2/c1-18(2,3)24-17(23)22-13-11-21(12-14-22)10-6-8-19-15-16-7-4-5-9-20-16/h16,19-20H,4-15H2,1-3H3. The van der Waals surface area contributed by atoms with Crippen molar-refractivity contribution < 1.29 is 9.53 Å². The van der Waals surface area contributed by atoms with Crippen LogP contribution in [0.2, 0.25) is 0 Å². The normalized spacial score (nSPS) is 23.3. The van der Waals surface area contributed by atoms with Crippen LogP contribution in [-0.2, 0) is 4.74 Å². The number of hydrogen-bond donors (Lipinski definition) is 2. The van der Waals surface area contributed by atoms with E-state index < -0.39 is 5.60 Å². The molecular formula is C18H36N4O2. The van der Waals surface area contributed by atoms with Gasteiger partial charge in [-0.3, -0.25) is 4.90 Å². The van der Waals surface area contributed by atoms with E-state index in [4.69, 9.17) is 4.74 Å². The second kappa shape index (κ2) is 9.59. The third kappa shape index (κ3) is 7.36. The molecule has 2 aliphatic heterocycles. The van der Waals surface area contributed by atoms with Crippen LogP contribution in [0.5, 0.6) is 0 Å². The van der Waals surface area contributed by atoms with Gasteiger partial charge in [-0.25, -0.2) is 4.79 Å². The summed E-state index contributed by atoms with van der Waals surface area (Å²) in [7, 11) is 0. The molecular weight excluding hydrogens is 304 g/mol. The van der Waals surface area contributed by atoms with E-state index in [-0.39, 0.29) is 6.09 Å². The molecule has 6 nitrogen and oxygen atoms in total. The molecule has 0 aromatic carbocycles. The zero-order chi connectivity index (χ0) is 17.4. The van der Waals surface area contributed by atoms with Crippen LogP contribution in [0.15, 0.2) is 0 Å². The van der Waals surface area contributed by atoms with Gasteiger partial charge in [0.25, 0.3) is 0 Å². The maximum absolute atomic E-state index is 12.0. The number of carbonyl (C=O) groups is 1. The number of hydrogen-bond acceptors (Lipinski definition) is 5. The lowest BCUT2D eigenvalue weighted by Crippen LogP contribution is -2.50. The molecule has 2 N–H and O–H groups in total. The summed E-state index contributed by atoms with van der Waals surface area (Å²) in [5.41, 5.74) is -0.410. The van der Waals surface area contributed by atoms with Crippen LogP contribution in [0.3, 0.4) is 0 Å². The molecule has 2 saturated heterocycles. The first-order valence-corrected chi connectivity index (χ1v) is 9.58. The third-order valence-corrected chi connectivity index (χ3v) is 4.65. The van der Waals surface area contributed by atoms with Crippen molar-refractivity contribution in [3.05, 3.63) is 0 Å². The predicted octanol–water partition coefficient (Wildman–Crippen LogP) is 1.66. The van der Waals surface area contributed by atoms with E-state index in [2.05, 4.69) is 15.5 Å². The SMILES string of the molecule is CC(C)(C)OC(=O)N1CCN(CCCNCC2CCCCN2)CC1. The molecule has 2 aliphatic rings. The maximum atomic E-state index is 12.0. The van der Waals surface area contributed by atoms with Crippen LogP contribution in [0.25, 0.3) is 0 Å². The van der Waals surface area contributed by atoms with Gasteiger partial charge in [0.15, 0.2) is 0 Å². The average Bonchev–Trinajstić information content (AvgIpc) is 2.54. The van der Waals surface area contributed by atoms with Gasteiger partial charge >= 0.3 is 6.09 Å². The molecule has 0 aromatic rings. The molecule has 0 bridgehead atoms. The predicted molar refractivity (Wildman–Crippen MR) is 97.4 cm³/mol. The Kier molecular flexibility index (Phi) is 7.78. The van der Waals surface area contributed by atoms with Gasteiger partial charge in [-0.05, 0) is 59.7 Å². The number of nitrogens with one attached hydrogen (secondary N) is 2. The first-order chi connectivity index (χ1) is 11.4. The molecule has 24 heavy (non-hydrogen) atoms. The summed E-state index contributed by atoms with van der Waals surface area (Å²) >= 11 is 0. The highest BCUT2D eigenvalue weighted by Crippen LogP contribution is 2.12. The first kappa shape index (κ1) is 19.5. The van der Waals surface area contributed by atoms with Crippen molar-refractivity contribution >= 4 is 6.09 Å². The van der Waals surface area contributed by atoms with Crippen LogP contribution in [0.1, 0.15) is 46.5 Å². The molecule has 6 heteroatoms. The van der Waals surface area contributed by atoms with Gasteiger partial charge in [0.2, 0.25) is 0 Å². The number of nitrogens with zero attached hydrogens (tertiary/aromatic N) is 2. The fourth-order valence-electron chi connectivity index (χ4n) is 3.28. The molecule has 140 valence electrons. The summed E-state index contributed by atoms with van der Waals surface area (Å²) in [6, 6.07) is 0.663. The minimum atomic E-state index is -0.410. The second-order valence-corrected chi connectivity index (χ2v) is 8.01. The van der Waals surface area contributed by atoms with Gasteiger partial charge in [0, 0.05) is 38.8 Å². The Labute approximate surface area is 147 Å². The topological polar surface area (TPSA) is 56.8 Å². The van der Waals surface area contributed by atoms with E-state index >= 15 is 0 Å². The molecule has 0 aromatic heterocycles. The van der Waals surface area contributed by atoms with Crippen LogP contribution in [0, 0.1) is 0 Å². The third-order valence-electron chi connectivity index (χ3n) is 4.65. The summed E-state index contributed by atoms with van der Waals surface area (Å²) in [6.07, 6.45) is 4.98. The minimum absolute atomic E-state index is 0.177. The van der Waals surface area contributed by atoms with Crippen LogP contribution in [-0.4, -0.2) is 79.9 Å². The zero-order valence-corrected chi connectivity index (χ0v) is 15.8. The molecule has 1 unspecified atom stereocenters. The molecule has 1 amide bonds. The maximum Gasteiger partial charge on any atom is 0.410 e. The number of carbonyl (C=O) groups excluding carboxylic acids is 1. The Morgan fingerprint density at radius 2 is 1.96 bits per heavy atom. The van der Waals surface area contributed by atoms with E-state index in [1.54, 1.807) is 0 Å². The van der Waals surface area contributed by atoms with Crippen molar-refractivity contribution in [2.45, 2.75) is 58.1 Å². The lowest BCUT2D eigenvalue weighted by Gasteiger charge is -2.35. The highest BCUT2D eigenvalue weighted by atomic mass is 16.6. The minimum Gasteiger partial charge on any atom is -0.444 e. The lowest BCUT2D eigenvalue weighted by molar-refractivity contribution is 0.0144. The van der Waals surface area contributed by atoms with Crippen molar-refractivity contribution in [3.8, 4) is 0 Å². The highest BCUT2D eigenvalue weighted by molar-refractivity contribution is 5.68. The summed E-state index contributed by atoms with van der Waals surface area (Å²) < 4.78 is 5.44. The fraction of sp³-hybridized carbons (Fsp3) is 0.944. The van der Waals surface area contributed by atoms with E-state index in [1.165, 1.54) is 32.2 Å². The highest BCUT2D eigenvalue weighted by Gasteiger charge is 2.25. The van der Waals surface area contributed by atoms with E-state index in [0.717, 1.165) is 45.8 Å². The summed E-state index contributed by atoms with van der Waals surface area (Å²) in [5, 5.41) is 7.14. The Morgan fingerprint density at radius 1 is 1.21 bits per heavy atom. The van der Waals surface area contributed by atoms with Crippen molar-refractivity contribution in [3.63, 3.8) is 0 Å². The quantitative estimate of drug-likeness (QED) is 0.720. The van der Waals surface area contributed by atoms with Crippen LogP contribution >= 0.6 is 0 Å². The van der Waals surface area contributed by atoms with Gasteiger partial charge in [-0.2, -0.15) is 0 Å². The number of ether oxygens (including phenoxy) is 1. The largest absolute Gasteiger partial charge is 0.444 e. The Bertz CT molecular complexity index is 370. The second-order valence-electron chi connectivity index (χ2n) is 8.01. The summed E-state index contributed by atoms with van der Waals surface area (Å²) in [4.78, 5) is 16.3. The summed E-state index contributed by atoms with van der Waals surface area (Å²) in [5.74, 6) is 0. The summed E-state index contributed by atoms with van der Waals surface area (Å²) in [6.45, 7) is 13.6. The number of piperazine rings is 1. The monoisotopic (exact) mass is 340 g/mol. The first-order valence-electron chi connectivity index (χ1n) is 9.58. The Balaban J connectivity index is 1.51. The smallest absolute Gasteiger partial charge is 0.410 e. The van der Waals surface area contributed by atoms with Gasteiger partial charge in [0.05, 0.1) is 0 Å². The molecule has 2 rings (SSSR count). The van der Waals surface area contributed by atoms with Crippen molar-refractivity contribution in [1.29, 1.82) is 0 Å². The van der Waals surface area contributed by atoms with Gasteiger partial charge in [0.1, 0.15) is 5.60 Å².